The van der Waals surface area contributed by atoms with E-state index in [1.165, 1.54) is 0 Å². The highest BCUT2D eigenvalue weighted by Crippen LogP contribution is 2.22. The Labute approximate surface area is 89.7 Å². The maximum atomic E-state index is 5.97. The van der Waals surface area contributed by atoms with Crippen LogP contribution in [0.25, 0.3) is 0 Å². The van der Waals surface area contributed by atoms with Gasteiger partial charge in [-0.3, -0.25) is 0 Å². The van der Waals surface area contributed by atoms with Crippen molar-refractivity contribution in [1.29, 1.82) is 0 Å². The molecule has 1 aromatic heterocycles. The van der Waals surface area contributed by atoms with Crippen molar-refractivity contribution < 1.29 is 0 Å². The van der Waals surface area contributed by atoms with Crippen LogP contribution >= 0.6 is 11.6 Å². The van der Waals surface area contributed by atoms with Gasteiger partial charge in [-0.1, -0.05) is 11.6 Å². The molecule has 0 saturated heterocycles. The minimum absolute atomic E-state index is 0.0144. The lowest BCUT2D eigenvalue weighted by Gasteiger charge is -2.31. The highest BCUT2D eigenvalue weighted by Gasteiger charge is 2.23. The summed E-state index contributed by atoms with van der Waals surface area (Å²) in [6.07, 6.45) is 1.70. The summed E-state index contributed by atoms with van der Waals surface area (Å²) in [6.45, 7) is 5.98. The third kappa shape index (κ3) is 2.59. The molecule has 0 aliphatic rings. The molecule has 78 valence electrons. The Morgan fingerprint density at radius 3 is 2.71 bits per heavy atom. The molecule has 1 heterocycles. The van der Waals surface area contributed by atoms with E-state index in [-0.39, 0.29) is 11.6 Å². The Morgan fingerprint density at radius 1 is 1.57 bits per heavy atom. The molecule has 0 spiro atoms. The van der Waals surface area contributed by atoms with Crippen molar-refractivity contribution in [3.63, 3.8) is 0 Å². The minimum Gasteiger partial charge on any atom is -0.362 e. The number of anilines is 1. The standard InChI is InChI=1S/C10H16ClN3/c1-7(12)10(2,3)14-9-8(11)5-4-6-13-9/h4-7H,12H2,1-3H3,(H,13,14). The lowest BCUT2D eigenvalue weighted by molar-refractivity contribution is 0.469. The summed E-state index contributed by atoms with van der Waals surface area (Å²) in [7, 11) is 0. The number of aromatic nitrogens is 1. The summed E-state index contributed by atoms with van der Waals surface area (Å²) in [5, 5.41) is 3.83. The molecule has 4 heteroatoms. The molecule has 3 nitrogen and oxygen atoms in total. The predicted molar refractivity (Wildman–Crippen MR) is 60.6 cm³/mol. The number of pyridine rings is 1. The third-order valence-corrected chi connectivity index (χ3v) is 2.64. The maximum absolute atomic E-state index is 5.97. The Balaban J connectivity index is 2.84. The first-order chi connectivity index (χ1) is 6.43. The fourth-order valence-corrected chi connectivity index (χ4v) is 1.07. The summed E-state index contributed by atoms with van der Waals surface area (Å²) in [6, 6.07) is 3.61. The normalized spacial score (nSPS) is 13.8. The lowest BCUT2D eigenvalue weighted by Crippen LogP contribution is -2.47. The molecule has 0 bridgehead atoms. The van der Waals surface area contributed by atoms with Gasteiger partial charge in [0.05, 0.1) is 5.02 Å². The SMILES string of the molecule is CC(N)C(C)(C)Nc1ncccc1Cl. The van der Waals surface area contributed by atoms with Crippen LogP contribution in [0, 0.1) is 0 Å². The van der Waals surface area contributed by atoms with Gasteiger partial charge in [-0.2, -0.15) is 0 Å². The van der Waals surface area contributed by atoms with Crippen LogP contribution in [-0.2, 0) is 0 Å². The Morgan fingerprint density at radius 2 is 2.21 bits per heavy atom. The smallest absolute Gasteiger partial charge is 0.145 e. The van der Waals surface area contributed by atoms with Gasteiger partial charge < -0.3 is 11.1 Å². The number of hydrogen-bond donors (Lipinski definition) is 2. The molecule has 1 unspecified atom stereocenters. The van der Waals surface area contributed by atoms with Crippen LogP contribution in [0.5, 0.6) is 0 Å². The van der Waals surface area contributed by atoms with Gasteiger partial charge in [0.15, 0.2) is 0 Å². The van der Waals surface area contributed by atoms with Crippen LogP contribution in [0.15, 0.2) is 18.3 Å². The molecule has 1 aromatic rings. The molecule has 14 heavy (non-hydrogen) atoms. The molecular weight excluding hydrogens is 198 g/mol. The van der Waals surface area contributed by atoms with Gasteiger partial charge in [-0.15, -0.1) is 0 Å². The van der Waals surface area contributed by atoms with E-state index < -0.39 is 0 Å². The first-order valence-electron chi connectivity index (χ1n) is 4.58. The van der Waals surface area contributed by atoms with Crippen molar-refractivity contribution >= 4 is 17.4 Å². The van der Waals surface area contributed by atoms with Crippen molar-refractivity contribution in [2.24, 2.45) is 5.73 Å². The van der Waals surface area contributed by atoms with Crippen molar-refractivity contribution in [2.45, 2.75) is 32.4 Å². The van der Waals surface area contributed by atoms with Crippen LogP contribution in [0.4, 0.5) is 5.82 Å². The highest BCUT2D eigenvalue weighted by molar-refractivity contribution is 6.32. The summed E-state index contributed by atoms with van der Waals surface area (Å²) < 4.78 is 0. The van der Waals surface area contributed by atoms with E-state index in [2.05, 4.69) is 10.3 Å². The van der Waals surface area contributed by atoms with E-state index in [1.807, 2.05) is 20.8 Å². The van der Waals surface area contributed by atoms with E-state index in [0.717, 1.165) is 0 Å². The quantitative estimate of drug-likeness (QED) is 0.810. The van der Waals surface area contributed by atoms with E-state index in [0.29, 0.717) is 10.8 Å². The van der Waals surface area contributed by atoms with Gasteiger partial charge in [-0.05, 0) is 32.9 Å². The summed E-state index contributed by atoms with van der Waals surface area (Å²) in [5.74, 6) is 0.677. The molecule has 0 aliphatic carbocycles. The van der Waals surface area contributed by atoms with Gasteiger partial charge in [0, 0.05) is 17.8 Å². The zero-order valence-corrected chi connectivity index (χ0v) is 9.47. The first kappa shape index (κ1) is 11.3. The van der Waals surface area contributed by atoms with Crippen molar-refractivity contribution in [3.8, 4) is 0 Å². The second kappa shape index (κ2) is 4.15. The van der Waals surface area contributed by atoms with E-state index in [4.69, 9.17) is 17.3 Å². The Hall–Kier alpha value is -0.800. The second-order valence-electron chi connectivity index (χ2n) is 3.97. The zero-order chi connectivity index (χ0) is 10.8. The summed E-state index contributed by atoms with van der Waals surface area (Å²) in [4.78, 5) is 4.15. The fourth-order valence-electron chi connectivity index (χ4n) is 0.897. The van der Waals surface area contributed by atoms with Crippen LogP contribution in [0.1, 0.15) is 20.8 Å². The summed E-state index contributed by atoms with van der Waals surface area (Å²) >= 11 is 5.97. The van der Waals surface area contributed by atoms with Crippen LogP contribution < -0.4 is 11.1 Å². The van der Waals surface area contributed by atoms with Crippen molar-refractivity contribution in [1.82, 2.24) is 4.98 Å². The maximum Gasteiger partial charge on any atom is 0.145 e. The molecule has 3 N–H and O–H groups in total. The van der Waals surface area contributed by atoms with Gasteiger partial charge >= 0.3 is 0 Å². The number of nitrogens with two attached hydrogens (primary N) is 1. The van der Waals surface area contributed by atoms with Crippen molar-refractivity contribution in [3.05, 3.63) is 23.4 Å². The number of halogens is 1. The molecule has 1 atom stereocenters. The Bertz CT molecular complexity index is 310. The molecule has 0 aliphatic heterocycles. The average Bonchev–Trinajstić information content (AvgIpc) is 2.08. The lowest BCUT2D eigenvalue weighted by atomic mass is 9.97. The number of rotatable bonds is 3. The monoisotopic (exact) mass is 213 g/mol. The highest BCUT2D eigenvalue weighted by atomic mass is 35.5. The number of nitrogens with one attached hydrogen (secondary N) is 1. The average molecular weight is 214 g/mol. The molecule has 0 radical (unpaired) electrons. The van der Waals surface area contributed by atoms with Crippen LogP contribution in [0.3, 0.4) is 0 Å². The predicted octanol–water partition coefficient (Wildman–Crippen LogP) is 2.27. The zero-order valence-electron chi connectivity index (χ0n) is 8.71. The van der Waals surface area contributed by atoms with E-state index in [9.17, 15) is 0 Å². The fraction of sp³-hybridized carbons (Fsp3) is 0.500. The topological polar surface area (TPSA) is 50.9 Å². The summed E-state index contributed by atoms with van der Waals surface area (Å²) in [5.41, 5.74) is 5.61. The van der Waals surface area contributed by atoms with E-state index in [1.54, 1.807) is 18.3 Å². The number of hydrogen-bond acceptors (Lipinski definition) is 3. The largest absolute Gasteiger partial charge is 0.362 e. The van der Waals surface area contributed by atoms with Gasteiger partial charge in [0.2, 0.25) is 0 Å². The first-order valence-corrected chi connectivity index (χ1v) is 4.95. The third-order valence-electron chi connectivity index (χ3n) is 2.34. The molecule has 1 rings (SSSR count). The van der Waals surface area contributed by atoms with Gasteiger partial charge in [0.1, 0.15) is 5.82 Å². The molecular formula is C10H16ClN3. The molecule has 0 saturated carbocycles. The van der Waals surface area contributed by atoms with Gasteiger partial charge in [0.25, 0.3) is 0 Å². The van der Waals surface area contributed by atoms with Crippen LogP contribution in [0.2, 0.25) is 5.02 Å². The van der Waals surface area contributed by atoms with E-state index >= 15 is 0 Å². The second-order valence-corrected chi connectivity index (χ2v) is 4.38. The van der Waals surface area contributed by atoms with Crippen LogP contribution in [-0.4, -0.2) is 16.6 Å². The van der Waals surface area contributed by atoms with Crippen molar-refractivity contribution in [2.75, 3.05) is 5.32 Å². The minimum atomic E-state index is -0.224. The molecule has 0 aromatic carbocycles. The molecule has 0 fully saturated rings. The molecule has 0 amide bonds. The number of nitrogens with zero attached hydrogens (tertiary/aromatic N) is 1. The van der Waals surface area contributed by atoms with Gasteiger partial charge in [-0.25, -0.2) is 4.98 Å². The Kier molecular flexibility index (Phi) is 3.34.